The number of rotatable bonds is 7. The van der Waals surface area contributed by atoms with Gasteiger partial charge in [-0.3, -0.25) is 4.99 Å². The summed E-state index contributed by atoms with van der Waals surface area (Å²) in [7, 11) is 1.69. The number of oxazole rings is 1. The lowest BCUT2D eigenvalue weighted by Crippen LogP contribution is -2.38. The average Bonchev–Trinajstić information content (AvgIpc) is 3.45. The van der Waals surface area contributed by atoms with Gasteiger partial charge in [-0.25, -0.2) is 14.8 Å². The minimum Gasteiger partial charge on any atom is -0.462 e. The summed E-state index contributed by atoms with van der Waals surface area (Å²) in [5.41, 5.74) is 1.45. The fourth-order valence-electron chi connectivity index (χ4n) is 2.53. The van der Waals surface area contributed by atoms with Crippen LogP contribution in [0.1, 0.15) is 46.0 Å². The molecule has 162 valence electrons. The van der Waals surface area contributed by atoms with E-state index in [1.165, 1.54) is 11.3 Å². The highest BCUT2D eigenvalue weighted by molar-refractivity contribution is 14.0. The van der Waals surface area contributed by atoms with Crippen molar-refractivity contribution in [1.82, 2.24) is 20.6 Å². The molecule has 0 saturated carbocycles. The molecule has 11 heteroatoms. The third-order valence-electron chi connectivity index (χ3n) is 3.94. The van der Waals surface area contributed by atoms with Gasteiger partial charge in [0.05, 0.1) is 35.5 Å². The minimum atomic E-state index is -0.337. The number of aromatic nitrogens is 2. The Balaban J connectivity index is 0.00000320. The van der Waals surface area contributed by atoms with E-state index in [0.29, 0.717) is 35.6 Å². The van der Waals surface area contributed by atoms with Gasteiger partial charge in [-0.2, -0.15) is 0 Å². The summed E-state index contributed by atoms with van der Waals surface area (Å²) in [4.78, 5) is 26.7. The SMILES string of the molecule is CCOC(=O)c1sc(C(C)NC(=NC)NCc2coc(-c3cccs3)n2)nc1C.I. The Labute approximate surface area is 200 Å². The topological polar surface area (TPSA) is 102 Å². The van der Waals surface area contributed by atoms with Gasteiger partial charge in [-0.1, -0.05) is 6.07 Å². The summed E-state index contributed by atoms with van der Waals surface area (Å²) < 4.78 is 10.6. The van der Waals surface area contributed by atoms with Gasteiger partial charge < -0.3 is 19.8 Å². The predicted molar refractivity (Wildman–Crippen MR) is 130 cm³/mol. The monoisotopic (exact) mass is 561 g/mol. The van der Waals surface area contributed by atoms with Crippen LogP contribution < -0.4 is 10.6 Å². The van der Waals surface area contributed by atoms with E-state index in [0.717, 1.165) is 15.6 Å². The molecule has 0 aliphatic carbocycles. The maximum atomic E-state index is 12.0. The van der Waals surface area contributed by atoms with Crippen LogP contribution >= 0.6 is 46.7 Å². The molecular formula is C19H24IN5O3S2. The van der Waals surface area contributed by atoms with Gasteiger partial charge in [-0.15, -0.1) is 46.7 Å². The number of thiazole rings is 1. The number of carbonyl (C=O) groups is 1. The molecule has 0 aromatic carbocycles. The van der Waals surface area contributed by atoms with Crippen LogP contribution in [0.3, 0.4) is 0 Å². The molecule has 0 aliphatic rings. The summed E-state index contributed by atoms with van der Waals surface area (Å²) in [5, 5.41) is 9.26. The molecule has 1 atom stereocenters. The highest BCUT2D eigenvalue weighted by atomic mass is 127. The van der Waals surface area contributed by atoms with E-state index >= 15 is 0 Å². The summed E-state index contributed by atoms with van der Waals surface area (Å²) >= 11 is 2.91. The molecule has 3 rings (SSSR count). The Morgan fingerprint density at radius 1 is 1.40 bits per heavy atom. The molecule has 0 aliphatic heterocycles. The van der Waals surface area contributed by atoms with Crippen molar-refractivity contribution in [1.29, 1.82) is 0 Å². The van der Waals surface area contributed by atoms with Gasteiger partial charge in [0.1, 0.15) is 16.1 Å². The molecule has 0 saturated heterocycles. The molecule has 1 unspecified atom stereocenters. The lowest BCUT2D eigenvalue weighted by Gasteiger charge is -2.15. The van der Waals surface area contributed by atoms with Crippen molar-refractivity contribution in [2.45, 2.75) is 33.4 Å². The predicted octanol–water partition coefficient (Wildman–Crippen LogP) is 4.39. The van der Waals surface area contributed by atoms with Gasteiger partial charge in [0, 0.05) is 7.05 Å². The van der Waals surface area contributed by atoms with E-state index in [1.807, 2.05) is 31.4 Å². The van der Waals surface area contributed by atoms with Crippen LogP contribution in [0.5, 0.6) is 0 Å². The van der Waals surface area contributed by atoms with Crippen molar-refractivity contribution >= 4 is 58.6 Å². The Hall–Kier alpha value is -1.99. The van der Waals surface area contributed by atoms with Gasteiger partial charge in [0.25, 0.3) is 0 Å². The quantitative estimate of drug-likeness (QED) is 0.191. The second-order valence-electron chi connectivity index (χ2n) is 6.10. The zero-order valence-corrected chi connectivity index (χ0v) is 21.1. The number of guanidine groups is 1. The molecule has 3 heterocycles. The van der Waals surface area contributed by atoms with Crippen LogP contribution in [0.4, 0.5) is 0 Å². The van der Waals surface area contributed by atoms with Gasteiger partial charge in [0.2, 0.25) is 5.89 Å². The highest BCUT2D eigenvalue weighted by Crippen LogP contribution is 2.25. The van der Waals surface area contributed by atoms with Crippen molar-refractivity contribution in [2.24, 2.45) is 4.99 Å². The molecule has 3 aromatic rings. The Morgan fingerprint density at radius 2 is 2.20 bits per heavy atom. The van der Waals surface area contributed by atoms with Crippen molar-refractivity contribution in [3.05, 3.63) is 45.0 Å². The Bertz CT molecular complexity index is 984. The van der Waals surface area contributed by atoms with Crippen LogP contribution in [0.2, 0.25) is 0 Å². The second-order valence-corrected chi connectivity index (χ2v) is 8.08. The molecule has 0 amide bonds. The number of carbonyl (C=O) groups excluding carboxylic acids is 1. The molecule has 30 heavy (non-hydrogen) atoms. The number of nitrogens with zero attached hydrogens (tertiary/aromatic N) is 3. The average molecular weight is 561 g/mol. The van der Waals surface area contributed by atoms with E-state index in [9.17, 15) is 4.79 Å². The van der Waals surface area contributed by atoms with Gasteiger partial charge in [0.15, 0.2) is 5.96 Å². The van der Waals surface area contributed by atoms with Gasteiger partial charge in [-0.05, 0) is 32.2 Å². The minimum absolute atomic E-state index is 0. The first-order chi connectivity index (χ1) is 14.0. The lowest BCUT2D eigenvalue weighted by molar-refractivity contribution is 0.0531. The van der Waals surface area contributed by atoms with E-state index in [-0.39, 0.29) is 36.0 Å². The lowest BCUT2D eigenvalue weighted by atomic mass is 10.3. The van der Waals surface area contributed by atoms with E-state index in [2.05, 4.69) is 25.6 Å². The summed E-state index contributed by atoms with van der Waals surface area (Å²) in [6.07, 6.45) is 1.63. The maximum Gasteiger partial charge on any atom is 0.350 e. The summed E-state index contributed by atoms with van der Waals surface area (Å²) in [5.74, 6) is 0.873. The molecule has 8 nitrogen and oxygen atoms in total. The van der Waals surface area contributed by atoms with Crippen LogP contribution in [-0.2, 0) is 11.3 Å². The molecule has 0 spiro atoms. The fourth-order valence-corrected chi connectivity index (χ4v) is 4.14. The zero-order chi connectivity index (χ0) is 20.8. The van der Waals surface area contributed by atoms with E-state index in [4.69, 9.17) is 9.15 Å². The number of nitrogens with one attached hydrogen (secondary N) is 2. The molecule has 0 radical (unpaired) electrons. The van der Waals surface area contributed by atoms with E-state index < -0.39 is 0 Å². The first-order valence-electron chi connectivity index (χ1n) is 9.11. The highest BCUT2D eigenvalue weighted by Gasteiger charge is 2.20. The first-order valence-corrected chi connectivity index (χ1v) is 10.8. The molecule has 0 bridgehead atoms. The van der Waals surface area contributed by atoms with Crippen LogP contribution in [0.15, 0.2) is 33.2 Å². The van der Waals surface area contributed by atoms with Crippen molar-refractivity contribution < 1.29 is 13.9 Å². The smallest absolute Gasteiger partial charge is 0.350 e. The Morgan fingerprint density at radius 3 is 2.87 bits per heavy atom. The second kappa shape index (κ2) is 11.4. The number of esters is 1. The van der Waals surface area contributed by atoms with Crippen molar-refractivity contribution in [3.63, 3.8) is 0 Å². The standard InChI is InChI=1S/C19H23N5O3S2.HI/c1-5-26-18(25)15-11(2)22-17(29-15)12(3)23-19(20-4)21-9-13-10-27-16(24-13)14-7-6-8-28-14;/h6-8,10,12H,5,9H2,1-4H3,(H2,20,21,23);1H. The van der Waals surface area contributed by atoms with Crippen LogP contribution in [0, 0.1) is 6.92 Å². The largest absolute Gasteiger partial charge is 0.462 e. The number of aliphatic imine (C=N–C) groups is 1. The number of thiophene rings is 1. The number of hydrogen-bond donors (Lipinski definition) is 2. The van der Waals surface area contributed by atoms with E-state index in [1.54, 1.807) is 31.6 Å². The molecular weight excluding hydrogens is 537 g/mol. The van der Waals surface area contributed by atoms with Crippen LogP contribution in [0.25, 0.3) is 10.8 Å². The Kier molecular flexibility index (Phi) is 9.24. The summed E-state index contributed by atoms with van der Waals surface area (Å²) in [6, 6.07) is 3.80. The van der Waals surface area contributed by atoms with Crippen LogP contribution in [-0.4, -0.2) is 35.6 Å². The summed E-state index contributed by atoms with van der Waals surface area (Å²) in [6.45, 7) is 6.36. The van der Waals surface area contributed by atoms with Crippen molar-refractivity contribution in [2.75, 3.05) is 13.7 Å². The van der Waals surface area contributed by atoms with Crippen molar-refractivity contribution in [3.8, 4) is 10.8 Å². The third kappa shape index (κ3) is 6.01. The normalized spacial score (nSPS) is 12.2. The van der Waals surface area contributed by atoms with Gasteiger partial charge >= 0.3 is 5.97 Å². The zero-order valence-electron chi connectivity index (χ0n) is 17.1. The third-order valence-corrected chi connectivity index (χ3v) is 6.12. The number of hydrogen-bond acceptors (Lipinski definition) is 8. The molecule has 0 fully saturated rings. The first kappa shape index (κ1) is 24.3. The number of aryl methyl sites for hydroxylation is 1. The number of ether oxygens (including phenoxy) is 1. The number of halogens is 1. The maximum absolute atomic E-state index is 12.0. The molecule has 2 N–H and O–H groups in total. The fraction of sp³-hybridized carbons (Fsp3) is 0.368. The molecule has 3 aromatic heterocycles.